The van der Waals surface area contributed by atoms with E-state index in [9.17, 15) is 19.2 Å². The molecule has 0 unspecified atom stereocenters. The van der Waals surface area contributed by atoms with E-state index in [4.69, 9.17) is 0 Å². The van der Waals surface area contributed by atoms with Gasteiger partial charge in [-0.3, -0.25) is 9.59 Å². The van der Waals surface area contributed by atoms with Gasteiger partial charge in [-0.15, -0.1) is 0 Å². The monoisotopic (exact) mass is 290 g/mol. The van der Waals surface area contributed by atoms with Gasteiger partial charge < -0.3 is 18.9 Å². The van der Waals surface area contributed by atoms with E-state index in [1.54, 1.807) is 13.8 Å². The summed E-state index contributed by atoms with van der Waals surface area (Å²) in [5, 5.41) is 0. The van der Waals surface area contributed by atoms with Gasteiger partial charge >= 0.3 is 24.2 Å². The van der Waals surface area contributed by atoms with Crippen molar-refractivity contribution >= 4 is 24.2 Å². The average molecular weight is 290 g/mol. The first-order valence-electron chi connectivity index (χ1n) is 6.24. The lowest BCUT2D eigenvalue weighted by molar-refractivity contribution is -0.142. The van der Waals surface area contributed by atoms with Gasteiger partial charge in [-0.2, -0.15) is 0 Å². The molecule has 0 aliphatic carbocycles. The minimum absolute atomic E-state index is 0.0362. The molecule has 20 heavy (non-hydrogen) atoms. The van der Waals surface area contributed by atoms with Crippen LogP contribution in [0.25, 0.3) is 0 Å². The Hall–Kier alpha value is -2.12. The van der Waals surface area contributed by atoms with Crippen LogP contribution in [-0.4, -0.2) is 37.5 Å². The molecular weight excluding hydrogens is 272 g/mol. The third kappa shape index (κ3) is 9.86. The smallest absolute Gasteiger partial charge is 0.434 e. The van der Waals surface area contributed by atoms with Gasteiger partial charge in [0.1, 0.15) is 0 Å². The van der Waals surface area contributed by atoms with Crippen LogP contribution in [0.1, 0.15) is 39.5 Å². The first kappa shape index (κ1) is 17.9. The SMILES string of the molecule is CCOC(=O)OC(=O)CCCCC(=O)OC(=O)OCC. The molecule has 0 amide bonds. The minimum atomic E-state index is -1.04. The van der Waals surface area contributed by atoms with E-state index in [1.807, 2.05) is 0 Å². The van der Waals surface area contributed by atoms with Crippen molar-refractivity contribution in [1.82, 2.24) is 0 Å². The Morgan fingerprint density at radius 3 is 1.35 bits per heavy atom. The number of unbranched alkanes of at least 4 members (excludes halogenated alkanes) is 1. The predicted molar refractivity (Wildman–Crippen MR) is 64.7 cm³/mol. The zero-order valence-electron chi connectivity index (χ0n) is 11.5. The fraction of sp³-hybridized carbons (Fsp3) is 0.667. The summed E-state index contributed by atoms with van der Waals surface area (Å²) in [6, 6.07) is 0. The molecule has 8 heteroatoms. The van der Waals surface area contributed by atoms with Crippen molar-refractivity contribution < 1.29 is 38.1 Å². The van der Waals surface area contributed by atoms with Crippen molar-refractivity contribution in [2.24, 2.45) is 0 Å². The lowest BCUT2D eigenvalue weighted by atomic mass is 10.2. The van der Waals surface area contributed by atoms with E-state index < -0.39 is 24.2 Å². The van der Waals surface area contributed by atoms with Gasteiger partial charge in [-0.25, -0.2) is 9.59 Å². The Labute approximate surface area is 116 Å². The second kappa shape index (κ2) is 10.8. The molecule has 0 fully saturated rings. The molecule has 0 aliphatic heterocycles. The van der Waals surface area contributed by atoms with E-state index in [2.05, 4.69) is 18.9 Å². The van der Waals surface area contributed by atoms with E-state index in [0.717, 1.165) is 0 Å². The summed E-state index contributed by atoms with van der Waals surface area (Å²) in [4.78, 5) is 43.8. The van der Waals surface area contributed by atoms with E-state index in [1.165, 1.54) is 0 Å². The van der Waals surface area contributed by atoms with Gasteiger partial charge in [-0.1, -0.05) is 0 Å². The first-order valence-corrected chi connectivity index (χ1v) is 6.24. The van der Waals surface area contributed by atoms with Crippen LogP contribution in [-0.2, 0) is 28.5 Å². The summed E-state index contributed by atoms with van der Waals surface area (Å²) in [5.41, 5.74) is 0. The minimum Gasteiger partial charge on any atom is -0.434 e. The Morgan fingerprint density at radius 1 is 0.700 bits per heavy atom. The van der Waals surface area contributed by atoms with Crippen LogP contribution in [0, 0.1) is 0 Å². The second-order valence-corrected chi connectivity index (χ2v) is 3.52. The summed E-state index contributed by atoms with van der Waals surface area (Å²) in [7, 11) is 0. The van der Waals surface area contributed by atoms with Gasteiger partial charge in [0.2, 0.25) is 0 Å². The molecule has 8 nitrogen and oxygen atoms in total. The third-order valence-corrected chi connectivity index (χ3v) is 1.93. The largest absolute Gasteiger partial charge is 0.516 e. The maximum Gasteiger partial charge on any atom is 0.516 e. The summed E-state index contributed by atoms with van der Waals surface area (Å²) in [6.45, 7) is 3.40. The average Bonchev–Trinajstić information content (AvgIpc) is 2.35. The molecule has 0 radical (unpaired) electrons. The first-order chi connectivity index (χ1) is 9.49. The summed E-state index contributed by atoms with van der Waals surface area (Å²) in [6.07, 6.45) is -1.53. The van der Waals surface area contributed by atoms with Crippen LogP contribution in [0.2, 0.25) is 0 Å². The molecule has 0 heterocycles. The van der Waals surface area contributed by atoms with Gasteiger partial charge in [-0.05, 0) is 26.7 Å². The lowest BCUT2D eigenvalue weighted by Gasteiger charge is -2.03. The van der Waals surface area contributed by atoms with E-state index in [0.29, 0.717) is 12.8 Å². The summed E-state index contributed by atoms with van der Waals surface area (Å²) in [5.74, 6) is -1.47. The number of ether oxygens (including phenoxy) is 4. The van der Waals surface area contributed by atoms with Crippen LogP contribution in [0.3, 0.4) is 0 Å². The van der Waals surface area contributed by atoms with Crippen LogP contribution >= 0.6 is 0 Å². The van der Waals surface area contributed by atoms with Gasteiger partial charge in [0.25, 0.3) is 0 Å². The number of esters is 2. The molecule has 0 aromatic heterocycles. The molecule has 0 saturated heterocycles. The molecular formula is C12H18O8. The number of carbonyl (C=O) groups excluding carboxylic acids is 4. The van der Waals surface area contributed by atoms with E-state index in [-0.39, 0.29) is 26.1 Å². The van der Waals surface area contributed by atoms with Crippen molar-refractivity contribution in [3.05, 3.63) is 0 Å². The molecule has 0 aliphatic rings. The highest BCUT2D eigenvalue weighted by molar-refractivity contribution is 5.82. The third-order valence-electron chi connectivity index (χ3n) is 1.93. The quantitative estimate of drug-likeness (QED) is 0.398. The second-order valence-electron chi connectivity index (χ2n) is 3.52. The van der Waals surface area contributed by atoms with Crippen molar-refractivity contribution in [2.45, 2.75) is 39.5 Å². The van der Waals surface area contributed by atoms with Crippen LogP contribution in [0.5, 0.6) is 0 Å². The Bertz CT molecular complexity index is 315. The van der Waals surface area contributed by atoms with Crippen LogP contribution in [0.15, 0.2) is 0 Å². The molecule has 0 saturated carbocycles. The predicted octanol–water partition coefficient (Wildman–Crippen LogP) is 1.95. The van der Waals surface area contributed by atoms with Gasteiger partial charge in [0, 0.05) is 12.8 Å². The number of carbonyl (C=O) groups is 4. The highest BCUT2D eigenvalue weighted by atomic mass is 16.7. The summed E-state index contributed by atoms with van der Waals surface area (Å²) >= 11 is 0. The van der Waals surface area contributed by atoms with Crippen molar-refractivity contribution in [1.29, 1.82) is 0 Å². The van der Waals surface area contributed by atoms with E-state index >= 15 is 0 Å². The molecule has 0 aromatic rings. The molecule has 0 N–H and O–H groups in total. The Morgan fingerprint density at radius 2 is 1.05 bits per heavy atom. The standard InChI is InChI=1S/C12H18O8/c1-3-17-11(15)19-9(13)7-5-6-8-10(14)20-12(16)18-4-2/h3-8H2,1-2H3. The van der Waals surface area contributed by atoms with Crippen LogP contribution < -0.4 is 0 Å². The fourth-order valence-electron chi connectivity index (χ4n) is 1.12. The summed E-state index contributed by atoms with van der Waals surface area (Å²) < 4.78 is 17.4. The highest BCUT2D eigenvalue weighted by Gasteiger charge is 2.13. The van der Waals surface area contributed by atoms with Crippen LogP contribution in [0.4, 0.5) is 9.59 Å². The molecule has 114 valence electrons. The molecule has 0 bridgehead atoms. The topological polar surface area (TPSA) is 105 Å². The molecule has 0 aromatic carbocycles. The maximum absolute atomic E-state index is 11.1. The maximum atomic E-state index is 11.1. The Kier molecular flexibility index (Phi) is 9.63. The molecule has 0 rings (SSSR count). The number of rotatable bonds is 7. The van der Waals surface area contributed by atoms with Crippen molar-refractivity contribution in [2.75, 3.05) is 13.2 Å². The zero-order chi connectivity index (χ0) is 15.4. The Balaban J connectivity index is 3.65. The molecule has 0 spiro atoms. The fourth-order valence-corrected chi connectivity index (χ4v) is 1.12. The number of hydrogen-bond acceptors (Lipinski definition) is 8. The highest BCUT2D eigenvalue weighted by Crippen LogP contribution is 2.04. The van der Waals surface area contributed by atoms with Crippen molar-refractivity contribution in [3.8, 4) is 0 Å². The van der Waals surface area contributed by atoms with Gasteiger partial charge in [0.15, 0.2) is 0 Å². The molecule has 0 atom stereocenters. The number of hydrogen-bond donors (Lipinski definition) is 0. The van der Waals surface area contributed by atoms with Crippen molar-refractivity contribution in [3.63, 3.8) is 0 Å². The lowest BCUT2D eigenvalue weighted by Crippen LogP contribution is -2.14. The zero-order valence-corrected chi connectivity index (χ0v) is 11.5. The van der Waals surface area contributed by atoms with Gasteiger partial charge in [0.05, 0.1) is 13.2 Å². The normalized spacial score (nSPS) is 9.50.